The van der Waals surface area contributed by atoms with Crippen LogP contribution in [0.4, 0.5) is 4.39 Å². The predicted molar refractivity (Wildman–Crippen MR) is 114 cm³/mol. The van der Waals surface area contributed by atoms with E-state index in [0.717, 1.165) is 52.3 Å². The molecule has 0 bridgehead atoms. The first-order chi connectivity index (χ1) is 14.3. The predicted octanol–water partition coefficient (Wildman–Crippen LogP) is 5.17. The second-order valence-corrected chi connectivity index (χ2v) is 8.98. The van der Waals surface area contributed by atoms with Crippen molar-refractivity contribution >= 4 is 33.3 Å². The summed E-state index contributed by atoms with van der Waals surface area (Å²) < 4.78 is 22.5. The van der Waals surface area contributed by atoms with Gasteiger partial charge in [0.25, 0.3) is 0 Å². The maximum Gasteiger partial charge on any atom is 0.191 e. The van der Waals surface area contributed by atoms with Crippen molar-refractivity contribution in [2.24, 2.45) is 0 Å². The molecule has 1 saturated heterocycles. The van der Waals surface area contributed by atoms with Crippen molar-refractivity contribution in [2.45, 2.75) is 36.4 Å². The first-order valence-electron chi connectivity index (χ1n) is 9.54. The van der Waals surface area contributed by atoms with Crippen LogP contribution in [-0.4, -0.2) is 32.5 Å². The second kappa shape index (κ2) is 8.22. The molecule has 3 heterocycles. The number of rotatable bonds is 6. The standard InChI is InChI=1S/C21H19FN4OS2/c22-15-9-7-14(8-10-15)20-24-25-21(26(20)12-16-4-3-11-27-16)28-13-19-23-17-5-1-2-6-18(17)29-19/h1-2,5-10,16H,3-4,11-13H2. The van der Waals surface area contributed by atoms with Gasteiger partial charge in [0.2, 0.25) is 0 Å². The summed E-state index contributed by atoms with van der Waals surface area (Å²) in [6.45, 7) is 1.49. The number of nitrogens with zero attached hydrogens (tertiary/aromatic N) is 4. The highest BCUT2D eigenvalue weighted by Gasteiger charge is 2.22. The van der Waals surface area contributed by atoms with Crippen LogP contribution in [-0.2, 0) is 17.0 Å². The van der Waals surface area contributed by atoms with Crippen molar-refractivity contribution in [3.8, 4) is 11.4 Å². The third-order valence-electron chi connectivity index (χ3n) is 4.89. The minimum absolute atomic E-state index is 0.159. The minimum Gasteiger partial charge on any atom is -0.376 e. The van der Waals surface area contributed by atoms with E-state index in [9.17, 15) is 4.39 Å². The number of hydrogen-bond donors (Lipinski definition) is 0. The highest BCUT2D eigenvalue weighted by Crippen LogP contribution is 2.31. The average Bonchev–Trinajstić information content (AvgIpc) is 3.47. The molecular weight excluding hydrogens is 407 g/mol. The van der Waals surface area contributed by atoms with E-state index >= 15 is 0 Å². The zero-order valence-electron chi connectivity index (χ0n) is 15.6. The smallest absolute Gasteiger partial charge is 0.191 e. The van der Waals surface area contributed by atoms with Crippen LogP contribution in [0.15, 0.2) is 53.7 Å². The van der Waals surface area contributed by atoms with E-state index in [1.165, 1.54) is 16.8 Å². The van der Waals surface area contributed by atoms with Gasteiger partial charge in [-0.1, -0.05) is 23.9 Å². The molecule has 1 atom stereocenters. The number of thiazole rings is 1. The highest BCUT2D eigenvalue weighted by molar-refractivity contribution is 7.98. The van der Waals surface area contributed by atoms with Crippen LogP contribution < -0.4 is 0 Å². The Labute approximate surface area is 176 Å². The fraction of sp³-hybridized carbons (Fsp3) is 0.286. The molecule has 0 aliphatic carbocycles. The van der Waals surface area contributed by atoms with Crippen molar-refractivity contribution in [3.63, 3.8) is 0 Å². The van der Waals surface area contributed by atoms with Crippen LogP contribution in [0.1, 0.15) is 17.8 Å². The first-order valence-corrected chi connectivity index (χ1v) is 11.3. The Bertz CT molecular complexity index is 1090. The molecule has 0 spiro atoms. The van der Waals surface area contributed by atoms with E-state index in [1.54, 1.807) is 35.2 Å². The van der Waals surface area contributed by atoms with Gasteiger partial charge < -0.3 is 4.74 Å². The lowest BCUT2D eigenvalue weighted by molar-refractivity contribution is 0.0953. The Hall–Kier alpha value is -2.29. The van der Waals surface area contributed by atoms with Gasteiger partial charge in [-0.25, -0.2) is 9.37 Å². The van der Waals surface area contributed by atoms with Crippen molar-refractivity contribution in [1.82, 2.24) is 19.7 Å². The summed E-state index contributed by atoms with van der Waals surface area (Å²) in [5, 5.41) is 10.7. The molecule has 5 rings (SSSR count). The van der Waals surface area contributed by atoms with Crippen molar-refractivity contribution in [3.05, 3.63) is 59.4 Å². The summed E-state index contributed by atoms with van der Waals surface area (Å²) in [5.74, 6) is 1.21. The zero-order valence-corrected chi connectivity index (χ0v) is 17.3. The molecule has 29 heavy (non-hydrogen) atoms. The van der Waals surface area contributed by atoms with E-state index < -0.39 is 0 Å². The number of halogens is 1. The Balaban J connectivity index is 1.42. The average molecular weight is 427 g/mol. The minimum atomic E-state index is -0.260. The van der Waals surface area contributed by atoms with Crippen LogP contribution in [0.3, 0.4) is 0 Å². The topological polar surface area (TPSA) is 52.8 Å². The summed E-state index contributed by atoms with van der Waals surface area (Å²) in [5.41, 5.74) is 1.88. The number of fused-ring (bicyclic) bond motifs is 1. The van der Waals surface area contributed by atoms with Crippen LogP contribution in [0, 0.1) is 5.82 Å². The molecule has 2 aromatic heterocycles. The molecule has 0 amide bonds. The molecule has 4 aromatic rings. The van der Waals surface area contributed by atoms with Crippen LogP contribution in [0.2, 0.25) is 0 Å². The molecule has 148 valence electrons. The van der Waals surface area contributed by atoms with Gasteiger partial charge in [-0.05, 0) is 49.2 Å². The number of hydrogen-bond acceptors (Lipinski definition) is 6. The lowest BCUT2D eigenvalue weighted by Crippen LogP contribution is -2.16. The van der Waals surface area contributed by atoms with Gasteiger partial charge in [0, 0.05) is 12.2 Å². The Morgan fingerprint density at radius 2 is 2.00 bits per heavy atom. The monoisotopic (exact) mass is 426 g/mol. The molecule has 1 aliphatic rings. The maximum atomic E-state index is 13.4. The molecule has 2 aromatic carbocycles. The number of benzene rings is 2. The number of ether oxygens (including phenoxy) is 1. The third kappa shape index (κ3) is 4.05. The lowest BCUT2D eigenvalue weighted by atomic mass is 10.2. The number of thioether (sulfide) groups is 1. The van der Waals surface area contributed by atoms with E-state index in [-0.39, 0.29) is 11.9 Å². The van der Waals surface area contributed by atoms with Gasteiger partial charge in [0.15, 0.2) is 11.0 Å². The molecule has 8 heteroatoms. The van der Waals surface area contributed by atoms with Crippen molar-refractivity contribution in [1.29, 1.82) is 0 Å². The number of aromatic nitrogens is 4. The third-order valence-corrected chi connectivity index (χ3v) is 7.09. The van der Waals surface area contributed by atoms with Crippen LogP contribution >= 0.6 is 23.1 Å². The Kier molecular flexibility index (Phi) is 5.30. The quantitative estimate of drug-likeness (QED) is 0.398. The largest absolute Gasteiger partial charge is 0.376 e. The van der Waals surface area contributed by atoms with Gasteiger partial charge in [0.1, 0.15) is 10.8 Å². The lowest BCUT2D eigenvalue weighted by Gasteiger charge is -2.14. The first kappa shape index (κ1) is 18.7. The summed E-state index contributed by atoms with van der Waals surface area (Å²) in [6, 6.07) is 14.6. The highest BCUT2D eigenvalue weighted by atomic mass is 32.2. The van der Waals surface area contributed by atoms with Crippen LogP contribution in [0.25, 0.3) is 21.6 Å². The van der Waals surface area contributed by atoms with E-state index in [4.69, 9.17) is 9.72 Å². The van der Waals surface area contributed by atoms with E-state index in [1.807, 2.05) is 18.2 Å². The summed E-state index contributed by atoms with van der Waals surface area (Å²) in [4.78, 5) is 4.71. The molecule has 0 N–H and O–H groups in total. The Morgan fingerprint density at radius 3 is 2.79 bits per heavy atom. The zero-order chi connectivity index (χ0) is 19.6. The SMILES string of the molecule is Fc1ccc(-c2nnc(SCc3nc4ccccc4s3)n2CC2CCCO2)cc1. The van der Waals surface area contributed by atoms with E-state index in [2.05, 4.69) is 20.8 Å². The Morgan fingerprint density at radius 1 is 1.14 bits per heavy atom. The number of para-hydroxylation sites is 1. The second-order valence-electron chi connectivity index (χ2n) is 6.92. The molecule has 5 nitrogen and oxygen atoms in total. The molecule has 0 radical (unpaired) electrons. The van der Waals surface area contributed by atoms with Gasteiger partial charge in [0.05, 0.1) is 28.6 Å². The van der Waals surface area contributed by atoms with Gasteiger partial charge in [-0.15, -0.1) is 21.5 Å². The molecule has 0 saturated carbocycles. The van der Waals surface area contributed by atoms with Gasteiger partial charge >= 0.3 is 0 Å². The molecular formula is C21H19FN4OS2. The maximum absolute atomic E-state index is 13.4. The fourth-order valence-electron chi connectivity index (χ4n) is 3.47. The molecule has 1 aliphatic heterocycles. The normalized spacial score (nSPS) is 16.7. The fourth-order valence-corrected chi connectivity index (χ4v) is 5.38. The summed E-state index contributed by atoms with van der Waals surface area (Å²) in [7, 11) is 0. The van der Waals surface area contributed by atoms with Gasteiger partial charge in [-0.3, -0.25) is 4.57 Å². The van der Waals surface area contributed by atoms with Gasteiger partial charge in [-0.2, -0.15) is 0 Å². The summed E-state index contributed by atoms with van der Waals surface area (Å²) >= 11 is 3.33. The van der Waals surface area contributed by atoms with E-state index in [0.29, 0.717) is 6.54 Å². The summed E-state index contributed by atoms with van der Waals surface area (Å²) in [6.07, 6.45) is 2.27. The molecule has 1 fully saturated rings. The van der Waals surface area contributed by atoms with Crippen molar-refractivity contribution < 1.29 is 9.13 Å². The molecule has 1 unspecified atom stereocenters. The van der Waals surface area contributed by atoms with Crippen LogP contribution in [0.5, 0.6) is 0 Å². The van der Waals surface area contributed by atoms with Crippen molar-refractivity contribution in [2.75, 3.05) is 6.61 Å².